The van der Waals surface area contributed by atoms with Crippen molar-refractivity contribution < 1.29 is 4.70 Å². The van der Waals surface area contributed by atoms with Gasteiger partial charge in [0.05, 0.1) is 5.92 Å². The monoisotopic (exact) mass is 404 g/mol. The molecule has 0 aromatic rings. The van der Waals surface area contributed by atoms with Gasteiger partial charge in [0.1, 0.15) is 6.04 Å². The first kappa shape index (κ1) is 21.7. The van der Waals surface area contributed by atoms with Crippen LogP contribution >= 0.6 is 0 Å². The molecule has 166 valence electrons. The molecule has 0 saturated carbocycles. The van der Waals surface area contributed by atoms with Crippen LogP contribution in [0.3, 0.4) is 0 Å². The summed E-state index contributed by atoms with van der Waals surface area (Å²) in [6.45, 7) is 12.6. The second kappa shape index (κ2) is 10.7. The zero-order valence-electron chi connectivity index (χ0n) is 19.3. The fourth-order valence-corrected chi connectivity index (χ4v) is 6.39. The molecule has 0 amide bonds. The van der Waals surface area contributed by atoms with Crippen molar-refractivity contribution in [3.05, 3.63) is 0 Å². The first-order valence-electron chi connectivity index (χ1n) is 12.9. The fraction of sp³-hybridized carbons (Fsp3) is 1.00. The third-order valence-electron chi connectivity index (χ3n) is 8.28. The highest BCUT2D eigenvalue weighted by atomic mass is 15.3. The summed E-state index contributed by atoms with van der Waals surface area (Å²) in [4.78, 5) is 8.00. The normalized spacial score (nSPS) is 33.0. The lowest BCUT2D eigenvalue weighted by atomic mass is 9.83. The van der Waals surface area contributed by atoms with E-state index < -0.39 is 0 Å². The van der Waals surface area contributed by atoms with Gasteiger partial charge in [-0.05, 0) is 70.3 Å². The Morgan fingerprint density at radius 2 is 1.69 bits per heavy atom. The van der Waals surface area contributed by atoms with Crippen LogP contribution in [-0.2, 0) is 0 Å². The minimum atomic E-state index is 0.616. The van der Waals surface area contributed by atoms with Crippen LogP contribution < -0.4 is 0 Å². The zero-order chi connectivity index (χ0) is 20.1. The third-order valence-corrected chi connectivity index (χ3v) is 8.28. The average Bonchev–Trinajstić information content (AvgIpc) is 3.11. The van der Waals surface area contributed by atoms with E-state index in [1.165, 1.54) is 117 Å². The highest BCUT2D eigenvalue weighted by Crippen LogP contribution is 2.35. The molecule has 4 aliphatic rings. The van der Waals surface area contributed by atoms with Crippen LogP contribution in [0, 0.1) is 5.92 Å². The third kappa shape index (κ3) is 5.59. The maximum absolute atomic E-state index is 5.21. The molecular formula is C24H46N5+. The molecule has 3 unspecified atom stereocenters. The van der Waals surface area contributed by atoms with E-state index in [1.807, 2.05) is 0 Å². The molecule has 4 aliphatic heterocycles. The summed E-state index contributed by atoms with van der Waals surface area (Å²) in [5, 5.41) is 5.21. The molecule has 3 saturated heterocycles. The van der Waals surface area contributed by atoms with Crippen molar-refractivity contribution in [1.82, 2.24) is 14.7 Å². The minimum absolute atomic E-state index is 0.616. The van der Waals surface area contributed by atoms with Crippen LogP contribution in [0.15, 0.2) is 5.11 Å². The van der Waals surface area contributed by atoms with Gasteiger partial charge in [0.25, 0.3) is 0 Å². The Labute approximate surface area is 179 Å². The van der Waals surface area contributed by atoms with E-state index in [0.29, 0.717) is 6.04 Å². The van der Waals surface area contributed by atoms with Crippen molar-refractivity contribution in [1.29, 1.82) is 0 Å². The Bertz CT molecular complexity index is 519. The molecule has 0 N–H and O–H groups in total. The van der Waals surface area contributed by atoms with Crippen LogP contribution in [0.2, 0.25) is 0 Å². The molecule has 0 aromatic heterocycles. The molecule has 4 rings (SSSR count). The van der Waals surface area contributed by atoms with Crippen LogP contribution in [0.5, 0.6) is 0 Å². The van der Waals surface area contributed by atoms with Crippen LogP contribution in [0.1, 0.15) is 71.1 Å². The van der Waals surface area contributed by atoms with E-state index in [9.17, 15) is 0 Å². The van der Waals surface area contributed by atoms with Gasteiger partial charge in [0, 0.05) is 45.1 Å². The number of unbranched alkanes of at least 4 members (excludes halogenated alkanes) is 1. The predicted molar refractivity (Wildman–Crippen MR) is 120 cm³/mol. The maximum Gasteiger partial charge on any atom is 0.183 e. The van der Waals surface area contributed by atoms with Crippen molar-refractivity contribution in [2.75, 3.05) is 59.4 Å². The topological polar surface area (TPSA) is 25.1 Å². The lowest BCUT2D eigenvalue weighted by molar-refractivity contribution is -0.628. The zero-order valence-corrected chi connectivity index (χ0v) is 19.3. The van der Waals surface area contributed by atoms with E-state index in [0.717, 1.165) is 18.0 Å². The predicted octanol–water partition coefficient (Wildman–Crippen LogP) is 3.68. The summed E-state index contributed by atoms with van der Waals surface area (Å²) in [5.74, 6) is 0.844. The highest BCUT2D eigenvalue weighted by Gasteiger charge is 2.45. The van der Waals surface area contributed by atoms with E-state index in [1.54, 1.807) is 0 Å². The summed E-state index contributed by atoms with van der Waals surface area (Å²) in [7, 11) is 2.27. The van der Waals surface area contributed by atoms with E-state index in [-0.39, 0.29) is 0 Å². The number of nitrogens with zero attached hydrogens (tertiary/aromatic N) is 5. The van der Waals surface area contributed by atoms with Crippen molar-refractivity contribution in [2.45, 2.75) is 89.3 Å². The van der Waals surface area contributed by atoms with Gasteiger partial charge in [-0.15, -0.1) is 4.70 Å². The lowest BCUT2D eigenvalue weighted by Gasteiger charge is -2.42. The second-order valence-electron chi connectivity index (χ2n) is 10.3. The summed E-state index contributed by atoms with van der Waals surface area (Å²) in [6.07, 6.45) is 13.7. The summed E-state index contributed by atoms with van der Waals surface area (Å²) >= 11 is 0. The SMILES string of the molecule is CCCCC1C(CCCN2CCN(C3CCN(C)CC3)CC2)N=[N+]2CCCCC12. The molecule has 3 atom stereocenters. The smallest absolute Gasteiger partial charge is 0.183 e. The van der Waals surface area contributed by atoms with Crippen molar-refractivity contribution >= 4 is 0 Å². The number of hydrogen-bond donors (Lipinski definition) is 0. The Kier molecular flexibility index (Phi) is 7.99. The van der Waals surface area contributed by atoms with Gasteiger partial charge >= 0.3 is 0 Å². The lowest BCUT2D eigenvalue weighted by Crippen LogP contribution is -2.52. The van der Waals surface area contributed by atoms with E-state index >= 15 is 0 Å². The highest BCUT2D eigenvalue weighted by molar-refractivity contribution is 4.86. The molecule has 5 nitrogen and oxygen atoms in total. The average molecular weight is 405 g/mol. The van der Waals surface area contributed by atoms with Gasteiger partial charge in [0.2, 0.25) is 0 Å². The number of rotatable bonds is 8. The van der Waals surface area contributed by atoms with Crippen LogP contribution in [0.4, 0.5) is 0 Å². The molecule has 0 bridgehead atoms. The maximum atomic E-state index is 5.21. The first-order valence-corrected chi connectivity index (χ1v) is 12.9. The van der Waals surface area contributed by atoms with Gasteiger partial charge in [-0.2, -0.15) is 0 Å². The number of piperazine rings is 1. The molecule has 29 heavy (non-hydrogen) atoms. The summed E-state index contributed by atoms with van der Waals surface area (Å²) in [6, 6.07) is 2.24. The Morgan fingerprint density at radius 1 is 0.897 bits per heavy atom. The molecule has 0 spiro atoms. The van der Waals surface area contributed by atoms with Crippen molar-refractivity contribution in [3.63, 3.8) is 0 Å². The quantitative estimate of drug-likeness (QED) is 0.577. The van der Waals surface area contributed by atoms with Crippen LogP contribution in [-0.4, -0.2) is 96.9 Å². The molecule has 0 aromatic carbocycles. The van der Waals surface area contributed by atoms with Gasteiger partial charge in [0.15, 0.2) is 12.6 Å². The Morgan fingerprint density at radius 3 is 2.45 bits per heavy atom. The van der Waals surface area contributed by atoms with Gasteiger partial charge in [-0.25, -0.2) is 0 Å². The molecule has 0 aliphatic carbocycles. The molecule has 5 heteroatoms. The number of piperidine rings is 2. The van der Waals surface area contributed by atoms with Crippen LogP contribution in [0.25, 0.3) is 0 Å². The van der Waals surface area contributed by atoms with Crippen molar-refractivity contribution in [2.24, 2.45) is 11.0 Å². The van der Waals surface area contributed by atoms with E-state index in [2.05, 4.69) is 33.4 Å². The number of fused-ring (bicyclic) bond motifs is 1. The number of azo groups is 2. The van der Waals surface area contributed by atoms with Gasteiger partial charge < -0.3 is 9.80 Å². The number of likely N-dealkylation sites (tertiary alicyclic amines) is 1. The van der Waals surface area contributed by atoms with E-state index in [4.69, 9.17) is 5.11 Å². The largest absolute Gasteiger partial charge is 0.306 e. The van der Waals surface area contributed by atoms with Gasteiger partial charge in [-0.1, -0.05) is 19.8 Å². The Hall–Kier alpha value is -0.520. The molecule has 3 fully saturated rings. The molecule has 4 heterocycles. The second-order valence-corrected chi connectivity index (χ2v) is 10.3. The molecule has 0 radical (unpaired) electrons. The standard InChI is InChI=1S/C24H46N5/c1-3-4-8-22-23(25-29-14-6-5-10-24(22)29)9-7-13-27-17-19-28(20-18-27)21-11-15-26(2)16-12-21/h21-24H,3-20H2,1-2H3/q+1. The first-order chi connectivity index (χ1) is 14.2. The van der Waals surface area contributed by atoms with Crippen molar-refractivity contribution in [3.8, 4) is 0 Å². The summed E-state index contributed by atoms with van der Waals surface area (Å²) in [5.41, 5.74) is 0. The van der Waals surface area contributed by atoms with Gasteiger partial charge in [-0.3, -0.25) is 4.90 Å². The number of hydrogen-bond acceptors (Lipinski definition) is 4. The molecular weight excluding hydrogens is 358 g/mol. The fourth-order valence-electron chi connectivity index (χ4n) is 6.39. The minimum Gasteiger partial charge on any atom is -0.306 e. The summed E-state index contributed by atoms with van der Waals surface area (Å²) < 4.78 is 2.51. The Balaban J connectivity index is 1.18.